The van der Waals surface area contributed by atoms with E-state index >= 15 is 0 Å². The van der Waals surface area contributed by atoms with Gasteiger partial charge in [-0.3, -0.25) is 0 Å². The zero-order valence-corrected chi connectivity index (χ0v) is 14.2. The highest BCUT2D eigenvalue weighted by Gasteiger charge is 2.33. The predicted molar refractivity (Wildman–Crippen MR) is 88.2 cm³/mol. The van der Waals surface area contributed by atoms with Gasteiger partial charge in [-0.2, -0.15) is 0 Å². The fourth-order valence-electron chi connectivity index (χ4n) is 3.18. The number of benzene rings is 1. The molecule has 1 heterocycles. The zero-order valence-electron chi connectivity index (χ0n) is 14.2. The second-order valence-corrected chi connectivity index (χ2v) is 6.73. The third-order valence-electron chi connectivity index (χ3n) is 4.54. The molecule has 4 nitrogen and oxygen atoms in total. The molecular formula is C18H29NO3. The third-order valence-corrected chi connectivity index (χ3v) is 4.54. The summed E-state index contributed by atoms with van der Waals surface area (Å²) < 4.78 is 11.7. The molecule has 0 aromatic heterocycles. The molecule has 22 heavy (non-hydrogen) atoms. The highest BCUT2D eigenvalue weighted by Crippen LogP contribution is 2.30. The number of hydrogen-bond acceptors (Lipinski definition) is 4. The first kappa shape index (κ1) is 17.3. The number of ether oxygens (including phenoxy) is 2. The van der Waals surface area contributed by atoms with Gasteiger partial charge in [-0.15, -0.1) is 0 Å². The molecule has 0 aliphatic carbocycles. The van der Waals surface area contributed by atoms with E-state index in [0.29, 0.717) is 5.92 Å². The number of aryl methyl sites for hydroxylation is 2. The smallest absolute Gasteiger partial charge is 0.189 e. The maximum Gasteiger partial charge on any atom is 0.189 e. The van der Waals surface area contributed by atoms with E-state index in [4.69, 9.17) is 9.47 Å². The van der Waals surface area contributed by atoms with Crippen LogP contribution >= 0.6 is 0 Å². The van der Waals surface area contributed by atoms with Crippen molar-refractivity contribution < 1.29 is 14.6 Å². The van der Waals surface area contributed by atoms with E-state index in [1.54, 1.807) is 0 Å². The van der Waals surface area contributed by atoms with Gasteiger partial charge in [0.05, 0.1) is 5.60 Å². The maximum absolute atomic E-state index is 10.2. The largest absolute Gasteiger partial charge is 0.488 e. The molecular weight excluding hydrogens is 278 g/mol. The molecule has 2 N–H and O–H groups in total. The lowest BCUT2D eigenvalue weighted by molar-refractivity contribution is -0.204. The Morgan fingerprint density at radius 2 is 1.82 bits per heavy atom. The average Bonchev–Trinajstić information content (AvgIpc) is 2.47. The molecule has 1 saturated heterocycles. The fourth-order valence-corrected chi connectivity index (χ4v) is 3.18. The van der Waals surface area contributed by atoms with Crippen LogP contribution in [0.25, 0.3) is 0 Å². The summed E-state index contributed by atoms with van der Waals surface area (Å²) in [5.74, 6) is 1.30. The molecule has 1 aliphatic heterocycles. The summed E-state index contributed by atoms with van der Waals surface area (Å²) in [6.07, 6.45) is 1.25. The van der Waals surface area contributed by atoms with Crippen molar-refractivity contribution in [3.63, 3.8) is 0 Å². The van der Waals surface area contributed by atoms with Crippen molar-refractivity contribution in [2.75, 3.05) is 19.7 Å². The fraction of sp³-hybridized carbons (Fsp3) is 0.667. The Hall–Kier alpha value is -1.10. The van der Waals surface area contributed by atoms with Gasteiger partial charge in [0.25, 0.3) is 0 Å². The molecule has 0 spiro atoms. The molecule has 0 amide bonds. The number of rotatable bonds is 6. The van der Waals surface area contributed by atoms with Crippen molar-refractivity contribution in [2.24, 2.45) is 5.92 Å². The lowest BCUT2D eigenvalue weighted by atomic mass is 9.83. The van der Waals surface area contributed by atoms with Crippen molar-refractivity contribution in [3.8, 4) is 5.75 Å². The minimum Gasteiger partial charge on any atom is -0.488 e. The number of aliphatic hydroxyl groups excluding tert-OH is 1. The summed E-state index contributed by atoms with van der Waals surface area (Å²) in [5, 5.41) is 13.6. The van der Waals surface area contributed by atoms with E-state index in [1.807, 2.05) is 32.0 Å². The Labute approximate surface area is 133 Å². The summed E-state index contributed by atoms with van der Waals surface area (Å²) in [6.45, 7) is 10.3. The molecule has 1 aliphatic rings. The van der Waals surface area contributed by atoms with Crippen molar-refractivity contribution in [2.45, 2.75) is 52.4 Å². The van der Waals surface area contributed by atoms with Crippen LogP contribution in [0, 0.1) is 19.8 Å². The van der Waals surface area contributed by atoms with E-state index in [2.05, 4.69) is 19.2 Å². The highest BCUT2D eigenvalue weighted by molar-refractivity contribution is 5.39. The van der Waals surface area contributed by atoms with Gasteiger partial charge in [0.2, 0.25) is 0 Å². The van der Waals surface area contributed by atoms with Crippen LogP contribution in [0.2, 0.25) is 0 Å². The van der Waals surface area contributed by atoms with Gasteiger partial charge >= 0.3 is 0 Å². The first-order valence-corrected chi connectivity index (χ1v) is 8.16. The van der Waals surface area contributed by atoms with Crippen LogP contribution in [0.15, 0.2) is 18.2 Å². The zero-order chi connectivity index (χ0) is 16.2. The molecule has 1 aromatic carbocycles. The Morgan fingerprint density at radius 1 is 1.23 bits per heavy atom. The Balaban J connectivity index is 1.88. The molecule has 1 atom stereocenters. The molecule has 0 radical (unpaired) electrons. The van der Waals surface area contributed by atoms with Gasteiger partial charge in [0, 0.05) is 0 Å². The maximum atomic E-state index is 10.2. The molecule has 4 heteroatoms. The second kappa shape index (κ2) is 7.44. The predicted octanol–water partition coefficient (Wildman–Crippen LogP) is 2.80. The average molecular weight is 307 g/mol. The number of nitrogens with one attached hydrogen (secondary N) is 1. The minimum atomic E-state index is -0.913. The molecule has 0 saturated carbocycles. The third kappa shape index (κ3) is 4.45. The summed E-state index contributed by atoms with van der Waals surface area (Å²) in [5.41, 5.74) is 1.81. The SMILES string of the molecule is Cc1cccc(C)c1OCC(O)OC(C)(C)C1CCNCC1. The van der Waals surface area contributed by atoms with Crippen molar-refractivity contribution in [1.82, 2.24) is 5.32 Å². The van der Waals surface area contributed by atoms with E-state index in [0.717, 1.165) is 42.8 Å². The van der Waals surface area contributed by atoms with Crippen molar-refractivity contribution in [1.29, 1.82) is 0 Å². The Kier molecular flexibility index (Phi) is 5.84. The lowest BCUT2D eigenvalue weighted by Gasteiger charge is -2.38. The van der Waals surface area contributed by atoms with Crippen LogP contribution in [0.1, 0.15) is 37.8 Å². The highest BCUT2D eigenvalue weighted by atomic mass is 16.6. The first-order chi connectivity index (χ1) is 10.4. The summed E-state index contributed by atoms with van der Waals surface area (Å²) >= 11 is 0. The Bertz CT molecular complexity index is 461. The van der Waals surface area contributed by atoms with Gasteiger partial charge in [-0.1, -0.05) is 18.2 Å². The van der Waals surface area contributed by atoms with Gasteiger partial charge in [-0.05, 0) is 70.7 Å². The van der Waals surface area contributed by atoms with E-state index < -0.39 is 6.29 Å². The number of para-hydroxylation sites is 1. The van der Waals surface area contributed by atoms with Crippen LogP contribution in [-0.4, -0.2) is 36.7 Å². The molecule has 124 valence electrons. The van der Waals surface area contributed by atoms with Crippen LogP contribution in [-0.2, 0) is 4.74 Å². The first-order valence-electron chi connectivity index (χ1n) is 8.16. The molecule has 2 rings (SSSR count). The van der Waals surface area contributed by atoms with Gasteiger partial charge in [-0.25, -0.2) is 0 Å². The molecule has 1 unspecified atom stereocenters. The topological polar surface area (TPSA) is 50.7 Å². The van der Waals surface area contributed by atoms with E-state index in [1.165, 1.54) is 0 Å². The van der Waals surface area contributed by atoms with Gasteiger partial charge < -0.3 is 19.9 Å². The molecule has 0 bridgehead atoms. The number of hydrogen-bond donors (Lipinski definition) is 2. The van der Waals surface area contributed by atoms with Crippen molar-refractivity contribution >= 4 is 0 Å². The van der Waals surface area contributed by atoms with E-state index in [9.17, 15) is 5.11 Å². The summed E-state index contributed by atoms with van der Waals surface area (Å²) in [6, 6.07) is 6.02. The van der Waals surface area contributed by atoms with Gasteiger partial charge in [0.1, 0.15) is 12.4 Å². The minimum absolute atomic E-state index is 0.153. The Morgan fingerprint density at radius 3 is 2.41 bits per heavy atom. The second-order valence-electron chi connectivity index (χ2n) is 6.73. The standard InChI is InChI=1S/C18H29NO3/c1-13-6-5-7-14(2)17(13)21-12-16(20)22-18(3,4)15-8-10-19-11-9-15/h5-7,15-16,19-20H,8-12H2,1-4H3. The van der Waals surface area contributed by atoms with Crippen LogP contribution in [0.4, 0.5) is 0 Å². The molecule has 1 aromatic rings. The van der Waals surface area contributed by atoms with Crippen LogP contribution < -0.4 is 10.1 Å². The number of aliphatic hydroxyl groups is 1. The lowest BCUT2D eigenvalue weighted by Crippen LogP contribution is -2.44. The van der Waals surface area contributed by atoms with Crippen LogP contribution in [0.3, 0.4) is 0 Å². The van der Waals surface area contributed by atoms with Crippen molar-refractivity contribution in [3.05, 3.63) is 29.3 Å². The quantitative estimate of drug-likeness (QED) is 0.794. The van der Waals surface area contributed by atoms with E-state index in [-0.39, 0.29) is 12.2 Å². The number of piperidine rings is 1. The summed E-state index contributed by atoms with van der Waals surface area (Å²) in [4.78, 5) is 0. The van der Waals surface area contributed by atoms with Gasteiger partial charge in [0.15, 0.2) is 6.29 Å². The molecule has 1 fully saturated rings. The normalized spacial score (nSPS) is 18.2. The monoisotopic (exact) mass is 307 g/mol. The van der Waals surface area contributed by atoms with Crippen LogP contribution in [0.5, 0.6) is 5.75 Å². The summed E-state index contributed by atoms with van der Waals surface area (Å²) in [7, 11) is 0.